The third-order valence-corrected chi connectivity index (χ3v) is 4.51. The summed E-state index contributed by atoms with van der Waals surface area (Å²) in [5.41, 5.74) is 1.62. The molecule has 1 aromatic heterocycles. The van der Waals surface area contributed by atoms with Crippen molar-refractivity contribution >= 4 is 0 Å². The van der Waals surface area contributed by atoms with Crippen LogP contribution in [-0.4, -0.2) is 22.2 Å². The van der Waals surface area contributed by atoms with Crippen molar-refractivity contribution in [2.75, 3.05) is 6.54 Å². The van der Waals surface area contributed by atoms with Crippen molar-refractivity contribution in [2.45, 2.75) is 38.8 Å². The molecule has 0 amide bonds. The first-order valence-electron chi connectivity index (χ1n) is 7.95. The number of rotatable bonds is 7. The highest BCUT2D eigenvalue weighted by Crippen LogP contribution is 2.24. The van der Waals surface area contributed by atoms with Crippen LogP contribution < -0.4 is 5.32 Å². The predicted molar refractivity (Wildman–Crippen MR) is 90.6 cm³/mol. The van der Waals surface area contributed by atoms with E-state index in [4.69, 9.17) is 0 Å². The number of nitrogens with zero attached hydrogens (tertiary/aromatic N) is 1. The monoisotopic (exact) mass is 298 g/mol. The van der Waals surface area contributed by atoms with Gasteiger partial charge in [0, 0.05) is 18.9 Å². The Morgan fingerprint density at radius 1 is 1.09 bits per heavy atom. The lowest BCUT2D eigenvalue weighted by Crippen LogP contribution is -2.44. The fourth-order valence-corrected chi connectivity index (χ4v) is 2.55. The zero-order valence-electron chi connectivity index (χ0n) is 13.7. The molecule has 0 fully saturated rings. The first-order chi connectivity index (χ1) is 10.5. The summed E-state index contributed by atoms with van der Waals surface area (Å²) >= 11 is 0. The summed E-state index contributed by atoms with van der Waals surface area (Å²) in [6.07, 6.45) is 4.57. The molecule has 0 aliphatic rings. The highest BCUT2D eigenvalue weighted by molar-refractivity contribution is 5.30. The Morgan fingerprint density at radius 2 is 1.68 bits per heavy atom. The van der Waals surface area contributed by atoms with Gasteiger partial charge in [0.05, 0.1) is 11.6 Å². The summed E-state index contributed by atoms with van der Waals surface area (Å²) in [4.78, 5) is 4.09. The van der Waals surface area contributed by atoms with Gasteiger partial charge in [-0.2, -0.15) is 0 Å². The molecule has 22 heavy (non-hydrogen) atoms. The normalized spacial score (nSPS) is 16.7. The van der Waals surface area contributed by atoms with Crippen LogP contribution >= 0.6 is 0 Å². The first kappa shape index (κ1) is 16.7. The number of benzene rings is 1. The fraction of sp³-hybridized carbons (Fsp3) is 0.421. The zero-order valence-corrected chi connectivity index (χ0v) is 13.7. The smallest absolute Gasteiger partial charge is 0.0769 e. The van der Waals surface area contributed by atoms with Crippen LogP contribution in [0.25, 0.3) is 0 Å². The average Bonchev–Trinajstić information content (AvgIpc) is 2.56. The van der Waals surface area contributed by atoms with Gasteiger partial charge < -0.3 is 10.4 Å². The van der Waals surface area contributed by atoms with Crippen LogP contribution in [0.1, 0.15) is 44.4 Å². The van der Waals surface area contributed by atoms with Crippen LogP contribution in [0, 0.1) is 5.92 Å². The summed E-state index contributed by atoms with van der Waals surface area (Å²) in [5, 5.41) is 14.2. The summed E-state index contributed by atoms with van der Waals surface area (Å²) in [6, 6.07) is 14.4. The number of pyridine rings is 1. The van der Waals surface area contributed by atoms with Crippen molar-refractivity contribution in [3.05, 3.63) is 66.0 Å². The van der Waals surface area contributed by atoms with E-state index in [-0.39, 0.29) is 12.0 Å². The van der Waals surface area contributed by atoms with E-state index in [1.807, 2.05) is 37.3 Å². The van der Waals surface area contributed by atoms with Crippen molar-refractivity contribution in [1.82, 2.24) is 10.3 Å². The molecule has 0 saturated heterocycles. The molecule has 3 atom stereocenters. The molecular weight excluding hydrogens is 272 g/mol. The Hall–Kier alpha value is -1.71. The minimum Gasteiger partial charge on any atom is -0.389 e. The molecule has 0 bridgehead atoms. The largest absolute Gasteiger partial charge is 0.389 e. The quantitative estimate of drug-likeness (QED) is 0.821. The van der Waals surface area contributed by atoms with E-state index in [9.17, 15) is 5.11 Å². The molecular formula is C19H26N2O. The average molecular weight is 298 g/mol. The van der Waals surface area contributed by atoms with E-state index < -0.39 is 5.60 Å². The molecule has 3 nitrogen and oxygen atoms in total. The highest BCUT2D eigenvalue weighted by atomic mass is 16.3. The topological polar surface area (TPSA) is 45.1 Å². The molecule has 2 rings (SSSR count). The maximum absolute atomic E-state index is 10.7. The van der Waals surface area contributed by atoms with Crippen LogP contribution in [0.15, 0.2) is 54.9 Å². The molecule has 0 radical (unpaired) electrons. The standard InChI is InChI=1S/C19H26N2O/c1-4-15(2)19(3,22)14-21-18(16-8-6-5-7-9-16)17-10-12-20-13-11-17/h5-13,15,18,21-22H,4,14H2,1-3H3. The van der Waals surface area contributed by atoms with E-state index in [1.165, 1.54) is 5.56 Å². The molecule has 3 unspecified atom stereocenters. The molecule has 0 spiro atoms. The van der Waals surface area contributed by atoms with Crippen LogP contribution in [-0.2, 0) is 0 Å². The highest BCUT2D eigenvalue weighted by Gasteiger charge is 2.28. The van der Waals surface area contributed by atoms with Crippen molar-refractivity contribution in [3.8, 4) is 0 Å². The molecule has 2 N–H and O–H groups in total. The van der Waals surface area contributed by atoms with E-state index in [0.29, 0.717) is 6.54 Å². The van der Waals surface area contributed by atoms with Crippen molar-refractivity contribution < 1.29 is 5.11 Å². The first-order valence-corrected chi connectivity index (χ1v) is 7.95. The Bertz CT molecular complexity index is 515. The van der Waals surface area contributed by atoms with Crippen molar-refractivity contribution in [3.63, 3.8) is 0 Å². The van der Waals surface area contributed by atoms with Gasteiger partial charge in [0.1, 0.15) is 0 Å². The molecule has 118 valence electrons. The number of hydrogen-bond acceptors (Lipinski definition) is 3. The molecule has 0 aliphatic carbocycles. The molecule has 1 aromatic carbocycles. The van der Waals surface area contributed by atoms with Crippen LogP contribution in [0.3, 0.4) is 0 Å². The molecule has 3 heteroatoms. The van der Waals surface area contributed by atoms with Gasteiger partial charge in [0.15, 0.2) is 0 Å². The molecule has 0 aliphatic heterocycles. The van der Waals surface area contributed by atoms with Gasteiger partial charge in [-0.25, -0.2) is 0 Å². The van der Waals surface area contributed by atoms with Gasteiger partial charge in [-0.15, -0.1) is 0 Å². The van der Waals surface area contributed by atoms with Crippen LogP contribution in [0.2, 0.25) is 0 Å². The van der Waals surface area contributed by atoms with E-state index in [1.54, 1.807) is 12.4 Å². The van der Waals surface area contributed by atoms with Gasteiger partial charge >= 0.3 is 0 Å². The second kappa shape index (κ2) is 7.52. The Labute approximate surface area is 133 Å². The van der Waals surface area contributed by atoms with Gasteiger partial charge in [-0.05, 0) is 36.1 Å². The lowest BCUT2D eigenvalue weighted by atomic mass is 9.88. The fourth-order valence-electron chi connectivity index (χ4n) is 2.55. The van der Waals surface area contributed by atoms with Crippen LogP contribution in [0.5, 0.6) is 0 Å². The van der Waals surface area contributed by atoms with Gasteiger partial charge in [0.2, 0.25) is 0 Å². The number of aromatic nitrogens is 1. The SMILES string of the molecule is CCC(C)C(C)(O)CNC(c1ccccc1)c1ccncc1. The maximum atomic E-state index is 10.7. The minimum atomic E-state index is -0.727. The Morgan fingerprint density at radius 3 is 2.27 bits per heavy atom. The summed E-state index contributed by atoms with van der Waals surface area (Å²) < 4.78 is 0. The Kier molecular flexibility index (Phi) is 5.69. The number of aliphatic hydroxyl groups is 1. The zero-order chi connectivity index (χ0) is 16.0. The van der Waals surface area contributed by atoms with Gasteiger partial charge in [-0.1, -0.05) is 50.6 Å². The van der Waals surface area contributed by atoms with Crippen molar-refractivity contribution in [1.29, 1.82) is 0 Å². The Balaban J connectivity index is 2.20. The van der Waals surface area contributed by atoms with Crippen molar-refractivity contribution in [2.24, 2.45) is 5.92 Å². The molecule has 1 heterocycles. The summed E-state index contributed by atoms with van der Waals surface area (Å²) in [6.45, 7) is 6.65. The van der Waals surface area contributed by atoms with E-state index >= 15 is 0 Å². The van der Waals surface area contributed by atoms with E-state index in [2.05, 4.69) is 36.3 Å². The maximum Gasteiger partial charge on any atom is 0.0769 e. The minimum absolute atomic E-state index is 0.0553. The second-order valence-corrected chi connectivity index (χ2v) is 6.17. The number of nitrogens with one attached hydrogen (secondary N) is 1. The summed E-state index contributed by atoms with van der Waals surface area (Å²) in [7, 11) is 0. The summed E-state index contributed by atoms with van der Waals surface area (Å²) in [5.74, 6) is 0.244. The van der Waals surface area contributed by atoms with Gasteiger partial charge in [0.25, 0.3) is 0 Å². The molecule has 0 saturated carbocycles. The lowest BCUT2D eigenvalue weighted by Gasteiger charge is -2.32. The third kappa shape index (κ3) is 4.15. The lowest BCUT2D eigenvalue weighted by molar-refractivity contribution is 0.00414. The molecule has 2 aromatic rings. The predicted octanol–water partition coefficient (Wildman–Crippen LogP) is 3.56. The van der Waals surface area contributed by atoms with Crippen LogP contribution in [0.4, 0.5) is 0 Å². The third-order valence-electron chi connectivity index (χ3n) is 4.51. The second-order valence-electron chi connectivity index (χ2n) is 6.17. The van der Waals surface area contributed by atoms with E-state index in [0.717, 1.165) is 12.0 Å². The van der Waals surface area contributed by atoms with Gasteiger partial charge in [-0.3, -0.25) is 4.98 Å². The number of hydrogen-bond donors (Lipinski definition) is 2.